The molecule has 25 heavy (non-hydrogen) atoms. The predicted molar refractivity (Wildman–Crippen MR) is 95.5 cm³/mol. The van der Waals surface area contributed by atoms with E-state index in [1.807, 2.05) is 13.8 Å². The molecule has 0 saturated heterocycles. The lowest BCUT2D eigenvalue weighted by atomic mass is 10.0. The molecule has 4 nitrogen and oxygen atoms in total. The summed E-state index contributed by atoms with van der Waals surface area (Å²) in [6.07, 6.45) is 1.28. The maximum absolute atomic E-state index is 13.1. The summed E-state index contributed by atoms with van der Waals surface area (Å²) >= 11 is 0. The smallest absolute Gasteiger partial charge is 0.224 e. The summed E-state index contributed by atoms with van der Waals surface area (Å²) in [6, 6.07) is 10.2. The standard InChI is InChI=1S/C20H22FNO3/c1-4-13(2)11-19(23)22-18-10-9-16(25-3)12-17(18)20(24)14-5-7-15(21)8-6-14/h5-10,12-13H,4,11H2,1-3H3,(H,22,23)/t13-/m0/s1. The topological polar surface area (TPSA) is 55.4 Å². The Morgan fingerprint density at radius 1 is 1.16 bits per heavy atom. The first-order valence-corrected chi connectivity index (χ1v) is 8.22. The minimum atomic E-state index is -0.413. The first-order valence-electron chi connectivity index (χ1n) is 8.22. The molecule has 1 atom stereocenters. The van der Waals surface area contributed by atoms with E-state index >= 15 is 0 Å². The zero-order valence-electron chi connectivity index (χ0n) is 14.6. The van der Waals surface area contributed by atoms with Gasteiger partial charge in [-0.1, -0.05) is 20.3 Å². The number of nitrogens with one attached hydrogen (secondary N) is 1. The van der Waals surface area contributed by atoms with E-state index in [0.29, 0.717) is 29.0 Å². The van der Waals surface area contributed by atoms with Crippen molar-refractivity contribution in [2.24, 2.45) is 5.92 Å². The monoisotopic (exact) mass is 343 g/mol. The number of carbonyl (C=O) groups is 2. The number of hydrogen-bond donors (Lipinski definition) is 1. The molecule has 2 aromatic carbocycles. The number of rotatable bonds is 7. The molecule has 0 saturated carbocycles. The van der Waals surface area contributed by atoms with E-state index in [1.54, 1.807) is 18.2 Å². The van der Waals surface area contributed by atoms with Crippen molar-refractivity contribution in [3.05, 3.63) is 59.4 Å². The van der Waals surface area contributed by atoms with Gasteiger partial charge in [-0.3, -0.25) is 9.59 Å². The maximum atomic E-state index is 13.1. The van der Waals surface area contributed by atoms with Crippen molar-refractivity contribution in [2.75, 3.05) is 12.4 Å². The van der Waals surface area contributed by atoms with E-state index in [9.17, 15) is 14.0 Å². The molecular weight excluding hydrogens is 321 g/mol. The molecule has 0 spiro atoms. The fraction of sp³-hybridized carbons (Fsp3) is 0.300. The first-order chi connectivity index (χ1) is 11.9. The van der Waals surface area contributed by atoms with E-state index < -0.39 is 5.82 Å². The van der Waals surface area contributed by atoms with Gasteiger partial charge in [0.2, 0.25) is 5.91 Å². The van der Waals surface area contributed by atoms with Crippen LogP contribution in [0.2, 0.25) is 0 Å². The molecule has 2 aromatic rings. The average Bonchev–Trinajstić information content (AvgIpc) is 2.61. The molecule has 0 radical (unpaired) electrons. The minimum Gasteiger partial charge on any atom is -0.497 e. The van der Waals surface area contributed by atoms with Crippen molar-refractivity contribution < 1.29 is 18.7 Å². The van der Waals surface area contributed by atoms with Crippen LogP contribution < -0.4 is 10.1 Å². The largest absolute Gasteiger partial charge is 0.497 e. The highest BCUT2D eigenvalue weighted by molar-refractivity contribution is 6.14. The molecule has 1 N–H and O–H groups in total. The van der Waals surface area contributed by atoms with Crippen molar-refractivity contribution in [2.45, 2.75) is 26.7 Å². The van der Waals surface area contributed by atoms with Crippen molar-refractivity contribution in [3.63, 3.8) is 0 Å². The fourth-order valence-corrected chi connectivity index (χ4v) is 2.37. The molecule has 2 rings (SSSR count). The number of carbonyl (C=O) groups excluding carboxylic acids is 2. The number of ether oxygens (including phenoxy) is 1. The van der Waals surface area contributed by atoms with Crippen LogP contribution in [0.5, 0.6) is 5.75 Å². The van der Waals surface area contributed by atoms with E-state index in [4.69, 9.17) is 4.74 Å². The molecule has 0 aromatic heterocycles. The molecule has 1 amide bonds. The minimum absolute atomic E-state index is 0.146. The number of hydrogen-bond acceptors (Lipinski definition) is 3. The SMILES string of the molecule is CC[C@H](C)CC(=O)Nc1ccc(OC)cc1C(=O)c1ccc(F)cc1. The van der Waals surface area contributed by atoms with E-state index in [2.05, 4.69) is 5.32 Å². The second kappa shape index (κ2) is 8.42. The summed E-state index contributed by atoms with van der Waals surface area (Å²) in [5.41, 5.74) is 1.07. The van der Waals surface area contributed by atoms with Crippen LogP contribution in [0.15, 0.2) is 42.5 Å². The number of anilines is 1. The van der Waals surface area contributed by atoms with Gasteiger partial charge in [-0.2, -0.15) is 0 Å². The highest BCUT2D eigenvalue weighted by Gasteiger charge is 2.17. The van der Waals surface area contributed by atoms with Gasteiger partial charge < -0.3 is 10.1 Å². The summed E-state index contributed by atoms with van der Waals surface area (Å²) in [5.74, 6) is -0.102. The lowest BCUT2D eigenvalue weighted by molar-refractivity contribution is -0.117. The van der Waals surface area contributed by atoms with Crippen molar-refractivity contribution >= 4 is 17.4 Å². The zero-order valence-corrected chi connectivity index (χ0v) is 14.6. The second-order valence-corrected chi connectivity index (χ2v) is 6.01. The Labute approximate surface area is 147 Å². The summed E-state index contributed by atoms with van der Waals surface area (Å²) in [7, 11) is 1.50. The van der Waals surface area contributed by atoms with Crippen LogP contribution in [0, 0.1) is 11.7 Å². The predicted octanol–water partition coefficient (Wildman–Crippen LogP) is 4.44. The molecule has 0 fully saturated rings. The van der Waals surface area contributed by atoms with Crippen LogP contribution in [-0.2, 0) is 4.79 Å². The van der Waals surface area contributed by atoms with Crippen LogP contribution in [-0.4, -0.2) is 18.8 Å². The molecule has 132 valence electrons. The highest BCUT2D eigenvalue weighted by atomic mass is 19.1. The Balaban J connectivity index is 2.32. The quantitative estimate of drug-likeness (QED) is 0.756. The normalized spacial score (nSPS) is 11.7. The number of amides is 1. The van der Waals surface area contributed by atoms with Crippen molar-refractivity contribution in [1.29, 1.82) is 0 Å². The van der Waals surface area contributed by atoms with Gasteiger partial charge in [0, 0.05) is 17.5 Å². The van der Waals surface area contributed by atoms with Crippen LogP contribution in [0.1, 0.15) is 42.6 Å². The van der Waals surface area contributed by atoms with Crippen molar-refractivity contribution in [3.8, 4) is 5.75 Å². The van der Waals surface area contributed by atoms with Gasteiger partial charge in [-0.25, -0.2) is 4.39 Å². The summed E-state index contributed by atoms with van der Waals surface area (Å²) in [5, 5.41) is 2.80. The van der Waals surface area contributed by atoms with E-state index in [1.165, 1.54) is 31.4 Å². The van der Waals surface area contributed by atoms with E-state index in [-0.39, 0.29) is 17.6 Å². The Bertz CT molecular complexity index is 756. The third-order valence-electron chi connectivity index (χ3n) is 4.08. The molecule has 0 aliphatic rings. The fourth-order valence-electron chi connectivity index (χ4n) is 2.37. The van der Waals surface area contributed by atoms with Crippen LogP contribution in [0.25, 0.3) is 0 Å². The van der Waals surface area contributed by atoms with Gasteiger partial charge in [0.25, 0.3) is 0 Å². The van der Waals surface area contributed by atoms with Gasteiger partial charge in [-0.05, 0) is 48.4 Å². The number of methoxy groups -OCH3 is 1. The van der Waals surface area contributed by atoms with Gasteiger partial charge >= 0.3 is 0 Å². The Morgan fingerprint density at radius 3 is 2.44 bits per heavy atom. The Morgan fingerprint density at radius 2 is 1.84 bits per heavy atom. The molecule has 5 heteroatoms. The lowest BCUT2D eigenvalue weighted by Gasteiger charge is -2.14. The van der Waals surface area contributed by atoms with Crippen molar-refractivity contribution in [1.82, 2.24) is 0 Å². The van der Waals surface area contributed by atoms with Gasteiger partial charge in [0.1, 0.15) is 11.6 Å². The Kier molecular flexibility index (Phi) is 6.28. The molecule has 0 heterocycles. The third kappa shape index (κ3) is 4.89. The summed E-state index contributed by atoms with van der Waals surface area (Å²) in [4.78, 5) is 25.0. The maximum Gasteiger partial charge on any atom is 0.224 e. The third-order valence-corrected chi connectivity index (χ3v) is 4.08. The van der Waals surface area contributed by atoms with Crippen LogP contribution in [0.4, 0.5) is 10.1 Å². The summed E-state index contributed by atoms with van der Waals surface area (Å²) in [6.45, 7) is 4.02. The van der Waals surface area contributed by atoms with Gasteiger partial charge in [0.05, 0.1) is 12.8 Å². The lowest BCUT2D eigenvalue weighted by Crippen LogP contribution is -2.17. The highest BCUT2D eigenvalue weighted by Crippen LogP contribution is 2.25. The molecule has 0 aliphatic carbocycles. The zero-order chi connectivity index (χ0) is 18.4. The molecule has 0 bridgehead atoms. The molecule has 0 aliphatic heterocycles. The number of halogens is 1. The van der Waals surface area contributed by atoms with Crippen LogP contribution in [0.3, 0.4) is 0 Å². The Hall–Kier alpha value is -2.69. The molecule has 0 unspecified atom stereocenters. The molecular formula is C20H22FNO3. The average molecular weight is 343 g/mol. The first kappa shape index (κ1) is 18.6. The summed E-state index contributed by atoms with van der Waals surface area (Å²) < 4.78 is 18.3. The second-order valence-electron chi connectivity index (χ2n) is 6.01. The van der Waals surface area contributed by atoms with Gasteiger partial charge in [0.15, 0.2) is 5.78 Å². The van der Waals surface area contributed by atoms with Gasteiger partial charge in [-0.15, -0.1) is 0 Å². The number of benzene rings is 2. The van der Waals surface area contributed by atoms with E-state index in [0.717, 1.165) is 6.42 Å². The number of ketones is 1. The van der Waals surface area contributed by atoms with Crippen LogP contribution >= 0.6 is 0 Å².